The molecule has 1 aliphatic heterocycles. The maximum atomic E-state index is 12.7. The van der Waals surface area contributed by atoms with Gasteiger partial charge in [-0.05, 0) is 42.5 Å². The highest BCUT2D eigenvalue weighted by molar-refractivity contribution is 7.92. The molecule has 1 heterocycles. The molecule has 0 saturated carbocycles. The van der Waals surface area contributed by atoms with Gasteiger partial charge in [0.15, 0.2) is 11.5 Å². The molecule has 0 aliphatic carbocycles. The van der Waals surface area contributed by atoms with Crippen molar-refractivity contribution in [1.82, 2.24) is 0 Å². The van der Waals surface area contributed by atoms with Crippen molar-refractivity contribution in [2.45, 2.75) is 4.90 Å². The van der Waals surface area contributed by atoms with Gasteiger partial charge < -0.3 is 14.8 Å². The Hall–Kier alpha value is -3.52. The minimum absolute atomic E-state index is 0.0223. The van der Waals surface area contributed by atoms with Crippen LogP contribution in [0.2, 0.25) is 0 Å². The van der Waals surface area contributed by atoms with Crippen LogP contribution >= 0.6 is 0 Å². The van der Waals surface area contributed by atoms with Gasteiger partial charge in [-0.3, -0.25) is 9.52 Å². The normalized spacial score (nSPS) is 12.4. The molecule has 3 aromatic rings. The van der Waals surface area contributed by atoms with Gasteiger partial charge in [-0.25, -0.2) is 8.42 Å². The third-order valence-electron chi connectivity index (χ3n) is 4.06. The highest BCUT2D eigenvalue weighted by atomic mass is 32.2. The number of ether oxygens (including phenoxy) is 2. The van der Waals surface area contributed by atoms with Crippen LogP contribution in [-0.2, 0) is 10.0 Å². The molecule has 0 radical (unpaired) electrons. The van der Waals surface area contributed by atoms with Crippen LogP contribution in [0.4, 0.5) is 11.4 Å². The molecular formula is C20H16N2O5S. The van der Waals surface area contributed by atoms with Crippen LogP contribution in [0.5, 0.6) is 11.5 Å². The molecule has 0 bridgehead atoms. The molecule has 4 rings (SSSR count). The Morgan fingerprint density at radius 1 is 0.821 bits per heavy atom. The van der Waals surface area contributed by atoms with Gasteiger partial charge in [-0.15, -0.1) is 0 Å². The lowest BCUT2D eigenvalue weighted by atomic mass is 10.2. The van der Waals surface area contributed by atoms with E-state index in [1.807, 2.05) is 6.07 Å². The van der Waals surface area contributed by atoms with Gasteiger partial charge in [0, 0.05) is 17.3 Å². The lowest BCUT2D eigenvalue weighted by molar-refractivity contribution is 0.102. The average Bonchev–Trinajstić information content (AvgIpc) is 3.16. The van der Waals surface area contributed by atoms with Crippen LogP contribution in [0.1, 0.15) is 10.4 Å². The predicted molar refractivity (Wildman–Crippen MR) is 104 cm³/mol. The van der Waals surface area contributed by atoms with Crippen molar-refractivity contribution < 1.29 is 22.7 Å². The van der Waals surface area contributed by atoms with E-state index in [0.717, 1.165) is 0 Å². The molecule has 28 heavy (non-hydrogen) atoms. The second kappa shape index (κ2) is 7.24. The van der Waals surface area contributed by atoms with Crippen molar-refractivity contribution in [3.8, 4) is 11.5 Å². The standard InChI is InChI=1S/C20H16N2O5S/c23-20(21-15-6-2-1-3-7-15)14-5-4-8-17(11-14)28(24,25)22-16-9-10-18-19(12-16)27-13-26-18/h1-12,22H,13H2,(H,21,23). The van der Waals surface area contributed by atoms with Crippen molar-refractivity contribution in [1.29, 1.82) is 0 Å². The second-order valence-electron chi connectivity index (χ2n) is 6.02. The van der Waals surface area contributed by atoms with E-state index in [1.165, 1.54) is 18.2 Å². The lowest BCUT2D eigenvalue weighted by Crippen LogP contribution is -2.16. The largest absolute Gasteiger partial charge is 0.454 e. The summed E-state index contributed by atoms with van der Waals surface area (Å²) in [7, 11) is -3.89. The number of para-hydroxylation sites is 1. The summed E-state index contributed by atoms with van der Waals surface area (Å²) in [5, 5.41) is 2.73. The summed E-state index contributed by atoms with van der Waals surface area (Å²) in [5.41, 5.74) is 1.19. The molecule has 1 amide bonds. The number of carbonyl (C=O) groups is 1. The van der Waals surface area contributed by atoms with Crippen LogP contribution in [0.25, 0.3) is 0 Å². The van der Waals surface area contributed by atoms with E-state index >= 15 is 0 Å². The number of rotatable bonds is 5. The first-order chi connectivity index (χ1) is 13.5. The average molecular weight is 396 g/mol. The summed E-state index contributed by atoms with van der Waals surface area (Å²) in [4.78, 5) is 12.4. The van der Waals surface area contributed by atoms with Gasteiger partial charge in [0.25, 0.3) is 15.9 Å². The number of anilines is 2. The predicted octanol–water partition coefficient (Wildman–Crippen LogP) is 3.47. The van der Waals surface area contributed by atoms with Crippen molar-refractivity contribution in [3.05, 3.63) is 78.4 Å². The smallest absolute Gasteiger partial charge is 0.261 e. The molecule has 2 N–H and O–H groups in total. The molecule has 0 spiro atoms. The number of hydrogen-bond donors (Lipinski definition) is 2. The molecule has 0 atom stereocenters. The second-order valence-corrected chi connectivity index (χ2v) is 7.70. The highest BCUT2D eigenvalue weighted by Crippen LogP contribution is 2.34. The Morgan fingerprint density at radius 2 is 1.61 bits per heavy atom. The third-order valence-corrected chi connectivity index (χ3v) is 5.44. The molecule has 0 aromatic heterocycles. The first-order valence-corrected chi connectivity index (χ1v) is 9.88. The van der Waals surface area contributed by atoms with E-state index in [0.29, 0.717) is 22.9 Å². The van der Waals surface area contributed by atoms with Gasteiger partial charge in [-0.2, -0.15) is 0 Å². The zero-order valence-electron chi connectivity index (χ0n) is 14.6. The highest BCUT2D eigenvalue weighted by Gasteiger charge is 2.19. The van der Waals surface area contributed by atoms with Crippen molar-refractivity contribution in [3.63, 3.8) is 0 Å². The maximum absolute atomic E-state index is 12.7. The molecule has 1 aliphatic rings. The number of nitrogens with one attached hydrogen (secondary N) is 2. The third kappa shape index (κ3) is 3.77. The van der Waals surface area contributed by atoms with Crippen molar-refractivity contribution in [2.24, 2.45) is 0 Å². The van der Waals surface area contributed by atoms with E-state index in [4.69, 9.17) is 9.47 Å². The number of carbonyl (C=O) groups excluding carboxylic acids is 1. The number of amides is 1. The van der Waals surface area contributed by atoms with Gasteiger partial charge in [-0.1, -0.05) is 24.3 Å². The molecule has 8 heteroatoms. The molecule has 0 saturated heterocycles. The first kappa shape index (κ1) is 17.9. The van der Waals surface area contributed by atoms with E-state index in [-0.39, 0.29) is 17.3 Å². The summed E-state index contributed by atoms with van der Waals surface area (Å²) in [6, 6.07) is 19.5. The van der Waals surface area contributed by atoms with E-state index in [9.17, 15) is 13.2 Å². The number of hydrogen-bond acceptors (Lipinski definition) is 5. The van der Waals surface area contributed by atoms with Crippen LogP contribution in [0.15, 0.2) is 77.7 Å². The Kier molecular flexibility index (Phi) is 4.62. The summed E-state index contributed by atoms with van der Waals surface area (Å²) in [5.74, 6) is 0.630. The maximum Gasteiger partial charge on any atom is 0.261 e. The summed E-state index contributed by atoms with van der Waals surface area (Å²) in [6.45, 7) is 0.101. The van der Waals surface area contributed by atoms with Crippen molar-refractivity contribution in [2.75, 3.05) is 16.8 Å². The Labute approximate surface area is 162 Å². The van der Waals surface area contributed by atoms with Gasteiger partial charge in [0.05, 0.1) is 10.6 Å². The van der Waals surface area contributed by atoms with Gasteiger partial charge in [0.2, 0.25) is 6.79 Å². The quantitative estimate of drug-likeness (QED) is 0.689. The summed E-state index contributed by atoms with van der Waals surface area (Å²) < 4.78 is 38.4. The molecular weight excluding hydrogens is 380 g/mol. The fourth-order valence-corrected chi connectivity index (χ4v) is 3.80. The first-order valence-electron chi connectivity index (χ1n) is 8.40. The Bertz CT molecular complexity index is 1130. The van der Waals surface area contributed by atoms with Gasteiger partial charge in [0.1, 0.15) is 0 Å². The van der Waals surface area contributed by atoms with Crippen LogP contribution in [0, 0.1) is 0 Å². The van der Waals surface area contributed by atoms with Gasteiger partial charge >= 0.3 is 0 Å². The number of fused-ring (bicyclic) bond motifs is 1. The topological polar surface area (TPSA) is 93.7 Å². The Morgan fingerprint density at radius 3 is 2.43 bits per heavy atom. The molecule has 0 unspecified atom stereocenters. The molecule has 0 fully saturated rings. The Balaban J connectivity index is 1.55. The fraction of sp³-hybridized carbons (Fsp3) is 0.0500. The minimum Gasteiger partial charge on any atom is -0.454 e. The zero-order chi connectivity index (χ0) is 19.6. The summed E-state index contributed by atoms with van der Waals surface area (Å²) >= 11 is 0. The van der Waals surface area contributed by atoms with E-state index in [1.54, 1.807) is 48.5 Å². The minimum atomic E-state index is -3.89. The van der Waals surface area contributed by atoms with Crippen LogP contribution in [-0.4, -0.2) is 21.1 Å². The van der Waals surface area contributed by atoms with E-state index < -0.39 is 15.9 Å². The lowest BCUT2D eigenvalue weighted by Gasteiger charge is -2.10. The summed E-state index contributed by atoms with van der Waals surface area (Å²) in [6.07, 6.45) is 0. The number of sulfonamides is 1. The SMILES string of the molecule is O=C(Nc1ccccc1)c1cccc(S(=O)(=O)Nc2ccc3c(c2)OCO3)c1. The molecule has 142 valence electrons. The van der Waals surface area contributed by atoms with Crippen LogP contribution < -0.4 is 19.5 Å². The molecule has 3 aromatic carbocycles. The fourth-order valence-electron chi connectivity index (χ4n) is 2.70. The van der Waals surface area contributed by atoms with E-state index in [2.05, 4.69) is 10.0 Å². The zero-order valence-corrected chi connectivity index (χ0v) is 15.4. The van der Waals surface area contributed by atoms with Crippen LogP contribution in [0.3, 0.4) is 0 Å². The van der Waals surface area contributed by atoms with Crippen molar-refractivity contribution >= 4 is 27.3 Å². The number of benzene rings is 3. The monoisotopic (exact) mass is 396 g/mol. The molecule has 7 nitrogen and oxygen atoms in total.